The van der Waals surface area contributed by atoms with Crippen LogP contribution in [0.3, 0.4) is 0 Å². The second kappa shape index (κ2) is 6.65. The molecule has 1 unspecified atom stereocenters. The van der Waals surface area contributed by atoms with Gasteiger partial charge in [0.25, 0.3) is 0 Å². The van der Waals surface area contributed by atoms with E-state index in [1.165, 1.54) is 19.2 Å². The molecule has 0 heterocycles. The Bertz CT molecular complexity index is 534. The van der Waals surface area contributed by atoms with E-state index >= 15 is 0 Å². The van der Waals surface area contributed by atoms with Gasteiger partial charge in [0.1, 0.15) is 5.82 Å². The Balaban J connectivity index is 2.81. The van der Waals surface area contributed by atoms with E-state index in [9.17, 15) is 12.8 Å². The molecule has 19 heavy (non-hydrogen) atoms. The second-order valence-corrected chi connectivity index (χ2v) is 6.96. The second-order valence-electron chi connectivity index (χ2n) is 4.45. The highest BCUT2D eigenvalue weighted by Gasteiger charge is 2.20. The van der Waals surface area contributed by atoms with Crippen molar-refractivity contribution in [1.82, 2.24) is 4.31 Å². The van der Waals surface area contributed by atoms with E-state index in [0.29, 0.717) is 11.4 Å². The summed E-state index contributed by atoms with van der Waals surface area (Å²) in [5.74, 6) is -1.05. The molecule has 7 heteroatoms. The van der Waals surface area contributed by atoms with Crippen molar-refractivity contribution in [3.63, 3.8) is 0 Å². The molecule has 0 amide bonds. The number of hydrogen-bond donors (Lipinski definition) is 1. The normalized spacial score (nSPS) is 13.8. The summed E-state index contributed by atoms with van der Waals surface area (Å²) in [6.07, 6.45) is -0.256. The zero-order valence-corrected chi connectivity index (χ0v) is 12.4. The molecule has 1 aromatic rings. The van der Waals surface area contributed by atoms with Crippen molar-refractivity contribution in [3.8, 4) is 0 Å². The Morgan fingerprint density at radius 1 is 1.47 bits per heavy atom. The molecule has 1 rings (SSSR count). The van der Waals surface area contributed by atoms with Crippen LogP contribution in [0.25, 0.3) is 0 Å². The van der Waals surface area contributed by atoms with Gasteiger partial charge in [-0.3, -0.25) is 0 Å². The minimum Gasteiger partial charge on any atom is -0.393 e. The molecule has 1 atom stereocenters. The molecular weight excluding hydrogens is 293 g/mol. The summed E-state index contributed by atoms with van der Waals surface area (Å²) in [5.41, 5.74) is 0.0383. The SMILES string of the molecule is CC(O)CCN(C)S(=O)(=O)Cc1cc(Cl)ccc1F. The van der Waals surface area contributed by atoms with Gasteiger partial charge in [0.2, 0.25) is 10.0 Å². The van der Waals surface area contributed by atoms with Gasteiger partial charge >= 0.3 is 0 Å². The van der Waals surface area contributed by atoms with Gasteiger partial charge < -0.3 is 5.11 Å². The van der Waals surface area contributed by atoms with Gasteiger partial charge in [-0.15, -0.1) is 0 Å². The van der Waals surface area contributed by atoms with Crippen molar-refractivity contribution >= 4 is 21.6 Å². The molecular formula is C12H17ClFNO3S. The van der Waals surface area contributed by atoms with E-state index in [2.05, 4.69) is 0 Å². The van der Waals surface area contributed by atoms with Gasteiger partial charge in [-0.1, -0.05) is 11.6 Å². The minimum atomic E-state index is -3.62. The fourth-order valence-electron chi connectivity index (χ4n) is 1.47. The van der Waals surface area contributed by atoms with E-state index in [1.54, 1.807) is 6.92 Å². The van der Waals surface area contributed by atoms with Gasteiger partial charge in [-0.2, -0.15) is 0 Å². The first-order valence-electron chi connectivity index (χ1n) is 5.78. The minimum absolute atomic E-state index is 0.0383. The van der Waals surface area contributed by atoms with Crippen molar-refractivity contribution in [1.29, 1.82) is 0 Å². The third-order valence-corrected chi connectivity index (χ3v) is 4.73. The van der Waals surface area contributed by atoms with Crippen molar-refractivity contribution in [3.05, 3.63) is 34.6 Å². The zero-order valence-electron chi connectivity index (χ0n) is 10.8. The van der Waals surface area contributed by atoms with Crippen molar-refractivity contribution in [2.75, 3.05) is 13.6 Å². The quantitative estimate of drug-likeness (QED) is 0.874. The Kier molecular flexibility index (Phi) is 5.73. The molecule has 0 bridgehead atoms. The maximum atomic E-state index is 13.5. The van der Waals surface area contributed by atoms with E-state index in [-0.39, 0.29) is 12.1 Å². The highest BCUT2D eigenvalue weighted by molar-refractivity contribution is 7.88. The molecule has 1 aromatic carbocycles. The summed E-state index contributed by atoms with van der Waals surface area (Å²) >= 11 is 5.72. The van der Waals surface area contributed by atoms with Crippen LogP contribution in [0.2, 0.25) is 5.02 Å². The smallest absolute Gasteiger partial charge is 0.218 e. The fraction of sp³-hybridized carbons (Fsp3) is 0.500. The Morgan fingerprint density at radius 3 is 2.68 bits per heavy atom. The summed E-state index contributed by atoms with van der Waals surface area (Å²) in [4.78, 5) is 0. The molecule has 0 saturated carbocycles. The molecule has 0 radical (unpaired) electrons. The van der Waals surface area contributed by atoms with E-state index in [0.717, 1.165) is 10.4 Å². The average molecular weight is 310 g/mol. The lowest BCUT2D eigenvalue weighted by molar-refractivity contribution is 0.177. The summed E-state index contributed by atoms with van der Waals surface area (Å²) < 4.78 is 38.6. The van der Waals surface area contributed by atoms with Gasteiger partial charge in [-0.05, 0) is 31.5 Å². The monoisotopic (exact) mass is 309 g/mol. The van der Waals surface area contributed by atoms with Crippen LogP contribution in [0.4, 0.5) is 4.39 Å². The van der Waals surface area contributed by atoms with Crippen LogP contribution < -0.4 is 0 Å². The van der Waals surface area contributed by atoms with E-state index < -0.39 is 27.7 Å². The largest absolute Gasteiger partial charge is 0.393 e. The molecule has 1 N–H and O–H groups in total. The van der Waals surface area contributed by atoms with Crippen LogP contribution in [-0.4, -0.2) is 37.5 Å². The van der Waals surface area contributed by atoms with Gasteiger partial charge in [0.05, 0.1) is 11.9 Å². The van der Waals surface area contributed by atoms with Crippen LogP contribution in [-0.2, 0) is 15.8 Å². The Labute approximate surface area is 117 Å². The lowest BCUT2D eigenvalue weighted by atomic mass is 10.2. The van der Waals surface area contributed by atoms with Crippen LogP contribution in [0.1, 0.15) is 18.9 Å². The number of sulfonamides is 1. The first kappa shape index (κ1) is 16.4. The predicted molar refractivity (Wildman–Crippen MR) is 73.0 cm³/mol. The lowest BCUT2D eigenvalue weighted by Crippen LogP contribution is -2.30. The number of rotatable bonds is 6. The maximum Gasteiger partial charge on any atom is 0.218 e. The van der Waals surface area contributed by atoms with Crippen LogP contribution in [0.15, 0.2) is 18.2 Å². The van der Waals surface area contributed by atoms with E-state index in [1.807, 2.05) is 0 Å². The van der Waals surface area contributed by atoms with Gasteiger partial charge in [0.15, 0.2) is 0 Å². The third-order valence-electron chi connectivity index (χ3n) is 2.68. The topological polar surface area (TPSA) is 57.6 Å². The number of nitrogens with zero attached hydrogens (tertiary/aromatic N) is 1. The van der Waals surface area contributed by atoms with Crippen molar-refractivity contribution < 1.29 is 17.9 Å². The standard InChI is InChI=1S/C12H17ClFNO3S/c1-9(16)5-6-15(2)19(17,18)8-10-7-11(13)3-4-12(10)14/h3-4,7,9,16H,5-6,8H2,1-2H3. The number of hydrogen-bond acceptors (Lipinski definition) is 3. The molecule has 108 valence electrons. The first-order valence-corrected chi connectivity index (χ1v) is 7.77. The summed E-state index contributed by atoms with van der Waals surface area (Å²) in [5, 5.41) is 9.43. The summed E-state index contributed by atoms with van der Waals surface area (Å²) in [6.45, 7) is 1.76. The fourth-order valence-corrected chi connectivity index (χ4v) is 2.88. The Morgan fingerprint density at radius 2 is 2.11 bits per heavy atom. The average Bonchev–Trinajstić information content (AvgIpc) is 2.30. The van der Waals surface area contributed by atoms with E-state index in [4.69, 9.17) is 16.7 Å². The predicted octanol–water partition coefficient (Wildman–Crippen LogP) is 2.01. The number of halogens is 2. The molecule has 0 saturated heterocycles. The van der Waals surface area contributed by atoms with Gasteiger partial charge in [0, 0.05) is 24.2 Å². The summed E-state index contributed by atoms with van der Waals surface area (Å²) in [6, 6.07) is 3.81. The number of benzene rings is 1. The molecule has 4 nitrogen and oxygen atoms in total. The zero-order chi connectivity index (χ0) is 14.6. The third kappa shape index (κ3) is 5.06. The lowest BCUT2D eigenvalue weighted by Gasteiger charge is -2.18. The first-order chi connectivity index (χ1) is 8.72. The summed E-state index contributed by atoms with van der Waals surface area (Å²) in [7, 11) is -2.22. The van der Waals surface area contributed by atoms with Crippen molar-refractivity contribution in [2.45, 2.75) is 25.2 Å². The molecule has 0 spiro atoms. The maximum absolute atomic E-state index is 13.5. The number of aliphatic hydroxyl groups is 1. The molecule has 0 aliphatic carbocycles. The van der Waals surface area contributed by atoms with Crippen LogP contribution >= 0.6 is 11.6 Å². The molecule has 0 fully saturated rings. The highest BCUT2D eigenvalue weighted by atomic mass is 35.5. The highest BCUT2D eigenvalue weighted by Crippen LogP contribution is 2.18. The molecule has 0 aliphatic rings. The molecule has 0 aliphatic heterocycles. The van der Waals surface area contributed by atoms with Crippen molar-refractivity contribution in [2.24, 2.45) is 0 Å². The van der Waals surface area contributed by atoms with Crippen LogP contribution in [0, 0.1) is 5.82 Å². The van der Waals surface area contributed by atoms with Crippen LogP contribution in [0.5, 0.6) is 0 Å². The molecule has 0 aromatic heterocycles. The van der Waals surface area contributed by atoms with Gasteiger partial charge in [-0.25, -0.2) is 17.1 Å². The number of aliphatic hydroxyl groups excluding tert-OH is 1. The Hall–Kier alpha value is -0.690.